The van der Waals surface area contributed by atoms with Crippen LogP contribution in [-0.2, 0) is 19.1 Å². The first kappa shape index (κ1) is 21.4. The molecule has 1 saturated carbocycles. The predicted octanol–water partition coefficient (Wildman–Crippen LogP) is 1.80. The number of carbonyl (C=O) groups excluding carboxylic acids is 2. The summed E-state index contributed by atoms with van der Waals surface area (Å²) in [5, 5.41) is 12.4. The van der Waals surface area contributed by atoms with Crippen LogP contribution in [0.2, 0.25) is 0 Å². The Labute approximate surface area is 150 Å². The van der Waals surface area contributed by atoms with Gasteiger partial charge in [0.05, 0.1) is 6.10 Å². The molecule has 2 N–H and O–H groups in total. The summed E-state index contributed by atoms with van der Waals surface area (Å²) in [6.45, 7) is 11.1. The minimum Gasteiger partial charge on any atom is -0.479 e. The normalized spacial score (nSPS) is 24.3. The van der Waals surface area contributed by atoms with Gasteiger partial charge >= 0.3 is 5.97 Å². The summed E-state index contributed by atoms with van der Waals surface area (Å²) in [5.74, 6) is -1.36. The Morgan fingerprint density at radius 2 is 1.76 bits per heavy atom. The molecule has 2 atom stereocenters. The summed E-state index contributed by atoms with van der Waals surface area (Å²) in [6, 6.07) is 0. The van der Waals surface area contributed by atoms with E-state index < -0.39 is 16.9 Å². The minimum atomic E-state index is -1.31. The van der Waals surface area contributed by atoms with Crippen molar-refractivity contribution in [3.63, 3.8) is 0 Å². The first-order chi connectivity index (χ1) is 11.7. The molecule has 25 heavy (non-hydrogen) atoms. The molecule has 1 aliphatic rings. The number of nitrogens with one attached hydrogen (secondary N) is 1. The molecule has 144 valence electrons. The molecule has 2 unspecified atom stereocenters. The monoisotopic (exact) mass is 356 g/mol. The van der Waals surface area contributed by atoms with Crippen molar-refractivity contribution in [2.45, 2.75) is 71.9 Å². The Morgan fingerprint density at radius 1 is 1.16 bits per heavy atom. The lowest BCUT2D eigenvalue weighted by molar-refractivity contribution is -0.194. The summed E-state index contributed by atoms with van der Waals surface area (Å²) in [5.41, 5.74) is -2.01. The van der Waals surface area contributed by atoms with Gasteiger partial charge in [0, 0.05) is 44.4 Å². The Hall–Kier alpha value is -1.63. The van der Waals surface area contributed by atoms with Crippen molar-refractivity contribution in [1.29, 1.82) is 0 Å². The molecule has 0 heterocycles. The molecule has 2 amide bonds. The standard InChI is InChI=1S/C18H32N2O5/c1-6-20(7-2)15(22)11-9-10-14(21)19-18(16(23)24)12-13(25-8-3)17(18,4)5/h13H,6-12H2,1-5H3,(H,19,21)(H,23,24). The minimum absolute atomic E-state index is 0.0196. The number of carbonyl (C=O) groups is 3. The van der Waals surface area contributed by atoms with Crippen molar-refractivity contribution in [2.24, 2.45) is 5.41 Å². The quantitative estimate of drug-likeness (QED) is 0.622. The number of rotatable bonds is 10. The van der Waals surface area contributed by atoms with Crippen LogP contribution in [0.4, 0.5) is 0 Å². The smallest absolute Gasteiger partial charge is 0.330 e. The van der Waals surface area contributed by atoms with Crippen molar-refractivity contribution >= 4 is 17.8 Å². The van der Waals surface area contributed by atoms with Crippen LogP contribution in [0.1, 0.15) is 60.3 Å². The summed E-state index contributed by atoms with van der Waals surface area (Å²) < 4.78 is 5.58. The second-order valence-corrected chi connectivity index (χ2v) is 7.05. The van der Waals surface area contributed by atoms with Gasteiger partial charge in [-0.3, -0.25) is 9.59 Å². The van der Waals surface area contributed by atoms with Crippen molar-refractivity contribution in [3.05, 3.63) is 0 Å². The number of carboxylic acids is 1. The third-order valence-corrected chi connectivity index (χ3v) is 5.39. The summed E-state index contributed by atoms with van der Waals surface area (Å²) in [6.07, 6.45) is 0.898. The van der Waals surface area contributed by atoms with Crippen LogP contribution >= 0.6 is 0 Å². The largest absolute Gasteiger partial charge is 0.479 e. The summed E-state index contributed by atoms with van der Waals surface area (Å²) in [4.78, 5) is 37.8. The van der Waals surface area contributed by atoms with E-state index in [1.807, 2.05) is 20.8 Å². The van der Waals surface area contributed by atoms with Gasteiger partial charge < -0.3 is 20.1 Å². The number of hydrogen-bond donors (Lipinski definition) is 2. The lowest BCUT2D eigenvalue weighted by atomic mass is 9.54. The zero-order chi connectivity index (χ0) is 19.3. The molecule has 0 aromatic heterocycles. The summed E-state index contributed by atoms with van der Waals surface area (Å²) >= 11 is 0. The highest BCUT2D eigenvalue weighted by Crippen LogP contribution is 2.51. The molecule has 0 aromatic rings. The average Bonchev–Trinajstić information content (AvgIpc) is 2.54. The van der Waals surface area contributed by atoms with Gasteiger partial charge in [-0.05, 0) is 27.2 Å². The van der Waals surface area contributed by atoms with Gasteiger partial charge in [0.15, 0.2) is 0 Å². The molecule has 1 fully saturated rings. The maximum Gasteiger partial charge on any atom is 0.330 e. The van der Waals surface area contributed by atoms with Gasteiger partial charge in [-0.1, -0.05) is 13.8 Å². The average molecular weight is 356 g/mol. The molecular weight excluding hydrogens is 324 g/mol. The molecule has 0 spiro atoms. The molecule has 0 bridgehead atoms. The molecule has 7 nitrogen and oxygen atoms in total. The lowest BCUT2D eigenvalue weighted by Gasteiger charge is -2.58. The number of ether oxygens (including phenoxy) is 1. The molecule has 7 heteroatoms. The SMILES string of the molecule is CCOC1CC(NC(=O)CCCC(=O)N(CC)CC)(C(=O)O)C1(C)C. The van der Waals surface area contributed by atoms with Gasteiger partial charge in [0.1, 0.15) is 5.54 Å². The van der Waals surface area contributed by atoms with Crippen molar-refractivity contribution < 1.29 is 24.2 Å². The Balaban J connectivity index is 2.59. The van der Waals surface area contributed by atoms with Crippen molar-refractivity contribution in [3.8, 4) is 0 Å². The molecule has 0 saturated heterocycles. The van der Waals surface area contributed by atoms with Crippen LogP contribution in [0.3, 0.4) is 0 Å². The molecule has 1 aliphatic carbocycles. The van der Waals surface area contributed by atoms with Gasteiger partial charge in [0.2, 0.25) is 11.8 Å². The van der Waals surface area contributed by atoms with E-state index in [0.29, 0.717) is 32.5 Å². The lowest BCUT2D eigenvalue weighted by Crippen LogP contribution is -2.76. The molecule has 0 aliphatic heterocycles. The highest BCUT2D eigenvalue weighted by molar-refractivity contribution is 5.89. The maximum absolute atomic E-state index is 12.3. The number of carboxylic acid groups (broad SMARTS) is 1. The summed E-state index contributed by atoms with van der Waals surface area (Å²) in [7, 11) is 0. The predicted molar refractivity (Wildman–Crippen MR) is 94.1 cm³/mol. The second-order valence-electron chi connectivity index (χ2n) is 7.05. The third-order valence-electron chi connectivity index (χ3n) is 5.39. The van der Waals surface area contributed by atoms with Gasteiger partial charge in [-0.15, -0.1) is 0 Å². The zero-order valence-electron chi connectivity index (χ0n) is 16.1. The second kappa shape index (κ2) is 8.65. The van der Waals surface area contributed by atoms with E-state index in [0.717, 1.165) is 0 Å². The third kappa shape index (κ3) is 4.32. The maximum atomic E-state index is 12.3. The van der Waals surface area contributed by atoms with Crippen molar-refractivity contribution in [2.75, 3.05) is 19.7 Å². The number of nitrogens with zero attached hydrogens (tertiary/aromatic N) is 1. The number of hydrogen-bond acceptors (Lipinski definition) is 4. The van der Waals surface area contributed by atoms with Crippen molar-refractivity contribution in [1.82, 2.24) is 10.2 Å². The first-order valence-corrected chi connectivity index (χ1v) is 9.10. The number of amides is 2. The van der Waals surface area contributed by atoms with Crippen LogP contribution in [0, 0.1) is 5.41 Å². The highest BCUT2D eigenvalue weighted by atomic mass is 16.5. The fourth-order valence-electron chi connectivity index (χ4n) is 3.47. The van der Waals surface area contributed by atoms with Crippen LogP contribution in [0.15, 0.2) is 0 Å². The molecule has 0 radical (unpaired) electrons. The van der Waals surface area contributed by atoms with E-state index in [9.17, 15) is 19.5 Å². The van der Waals surface area contributed by atoms with Gasteiger partial charge in [0.25, 0.3) is 0 Å². The van der Waals surface area contributed by atoms with E-state index in [1.54, 1.807) is 18.7 Å². The molecule has 0 aromatic carbocycles. The Bertz CT molecular complexity index is 502. The van der Waals surface area contributed by atoms with E-state index in [1.165, 1.54) is 0 Å². The molecule has 1 rings (SSSR count). The van der Waals surface area contributed by atoms with Crippen LogP contribution < -0.4 is 5.32 Å². The van der Waals surface area contributed by atoms with Gasteiger partial charge in [-0.2, -0.15) is 0 Å². The van der Waals surface area contributed by atoms with E-state index in [-0.39, 0.29) is 30.8 Å². The zero-order valence-corrected chi connectivity index (χ0v) is 16.1. The molecular formula is C18H32N2O5. The Morgan fingerprint density at radius 3 is 2.20 bits per heavy atom. The number of aliphatic carboxylic acids is 1. The van der Waals surface area contributed by atoms with Gasteiger partial charge in [-0.25, -0.2) is 4.79 Å². The fraction of sp³-hybridized carbons (Fsp3) is 0.833. The first-order valence-electron chi connectivity index (χ1n) is 9.10. The van der Waals surface area contributed by atoms with E-state index in [2.05, 4.69) is 5.32 Å². The highest BCUT2D eigenvalue weighted by Gasteiger charge is 2.66. The topological polar surface area (TPSA) is 95.9 Å². The van der Waals surface area contributed by atoms with E-state index in [4.69, 9.17) is 4.74 Å². The van der Waals surface area contributed by atoms with Crippen LogP contribution in [0.25, 0.3) is 0 Å². The van der Waals surface area contributed by atoms with Crippen LogP contribution in [0.5, 0.6) is 0 Å². The van der Waals surface area contributed by atoms with E-state index >= 15 is 0 Å². The Kier molecular flexibility index (Phi) is 7.41. The van der Waals surface area contributed by atoms with Crippen LogP contribution in [-0.4, -0.2) is 59.1 Å². The fourth-order valence-corrected chi connectivity index (χ4v) is 3.47.